The van der Waals surface area contributed by atoms with Crippen molar-refractivity contribution in [3.05, 3.63) is 83.3 Å². The van der Waals surface area contributed by atoms with E-state index in [9.17, 15) is 14.0 Å². The Morgan fingerprint density at radius 3 is 2.31 bits per heavy atom. The minimum absolute atomic E-state index is 0.0537. The number of rotatable bonds is 6. The highest BCUT2D eigenvalue weighted by molar-refractivity contribution is 5.95. The summed E-state index contributed by atoms with van der Waals surface area (Å²) < 4.78 is 14.9. The largest absolute Gasteiger partial charge is 0.339 e. The molecular formula is C25H27FN4O2. The predicted molar refractivity (Wildman–Crippen MR) is 121 cm³/mol. The van der Waals surface area contributed by atoms with Gasteiger partial charge in [-0.15, -0.1) is 0 Å². The number of nitrogens with zero attached hydrogens (tertiary/aromatic N) is 3. The van der Waals surface area contributed by atoms with Gasteiger partial charge in [-0.25, -0.2) is 9.07 Å². The summed E-state index contributed by atoms with van der Waals surface area (Å²) in [6.45, 7) is 3.70. The molecule has 6 nitrogen and oxygen atoms in total. The van der Waals surface area contributed by atoms with Crippen molar-refractivity contribution in [1.82, 2.24) is 14.7 Å². The van der Waals surface area contributed by atoms with Crippen LogP contribution in [0.5, 0.6) is 0 Å². The van der Waals surface area contributed by atoms with Gasteiger partial charge in [0.05, 0.1) is 12.7 Å². The quantitative estimate of drug-likeness (QED) is 0.635. The first-order chi connectivity index (χ1) is 15.5. The van der Waals surface area contributed by atoms with Gasteiger partial charge in [-0.1, -0.05) is 31.2 Å². The molecule has 2 heterocycles. The van der Waals surface area contributed by atoms with Crippen LogP contribution in [0, 0.1) is 11.7 Å². The van der Waals surface area contributed by atoms with E-state index in [2.05, 4.69) is 41.6 Å². The maximum atomic E-state index is 13.1. The van der Waals surface area contributed by atoms with Crippen molar-refractivity contribution in [1.29, 1.82) is 0 Å². The Bertz CT molecular complexity index is 1070. The van der Waals surface area contributed by atoms with Gasteiger partial charge < -0.3 is 10.2 Å². The van der Waals surface area contributed by atoms with E-state index >= 15 is 0 Å². The fraction of sp³-hybridized carbons (Fsp3) is 0.320. The minimum Gasteiger partial charge on any atom is -0.339 e. The molecule has 0 aliphatic carbocycles. The summed E-state index contributed by atoms with van der Waals surface area (Å²) in [4.78, 5) is 27.2. The van der Waals surface area contributed by atoms with Crippen LogP contribution in [-0.2, 0) is 17.8 Å². The summed E-state index contributed by atoms with van der Waals surface area (Å²) in [5, 5.41) is 7.35. The zero-order valence-electron chi connectivity index (χ0n) is 18.1. The van der Waals surface area contributed by atoms with Crippen molar-refractivity contribution in [2.45, 2.75) is 32.7 Å². The number of aromatic nitrogens is 2. The smallest absolute Gasteiger partial charge is 0.253 e. The summed E-state index contributed by atoms with van der Waals surface area (Å²) in [6, 6.07) is 15.7. The average molecular weight is 435 g/mol. The number of hydrogen-bond acceptors (Lipinski definition) is 3. The molecule has 0 saturated carbocycles. The maximum absolute atomic E-state index is 13.1. The third kappa shape index (κ3) is 5.04. The van der Waals surface area contributed by atoms with Crippen LogP contribution in [0.4, 0.5) is 10.2 Å². The van der Waals surface area contributed by atoms with Crippen molar-refractivity contribution >= 4 is 17.6 Å². The first kappa shape index (κ1) is 21.7. The normalized spacial score (nSPS) is 14.4. The van der Waals surface area contributed by atoms with Crippen molar-refractivity contribution in [3.63, 3.8) is 0 Å². The minimum atomic E-state index is -0.367. The van der Waals surface area contributed by atoms with Crippen molar-refractivity contribution < 1.29 is 14.0 Å². The molecule has 1 aliphatic rings. The van der Waals surface area contributed by atoms with Gasteiger partial charge in [0, 0.05) is 30.6 Å². The highest BCUT2D eigenvalue weighted by Crippen LogP contribution is 2.21. The number of hydrogen-bond donors (Lipinski definition) is 1. The molecule has 7 heteroatoms. The Hall–Kier alpha value is -3.48. The lowest BCUT2D eigenvalue weighted by Gasteiger charge is -2.31. The molecule has 0 atom stereocenters. The fourth-order valence-electron chi connectivity index (χ4n) is 3.97. The summed E-state index contributed by atoms with van der Waals surface area (Å²) in [7, 11) is 0. The summed E-state index contributed by atoms with van der Waals surface area (Å²) >= 11 is 0. The van der Waals surface area contributed by atoms with Crippen LogP contribution in [0.1, 0.15) is 41.3 Å². The number of likely N-dealkylation sites (tertiary alicyclic amines) is 1. The Kier molecular flexibility index (Phi) is 6.63. The van der Waals surface area contributed by atoms with Crippen molar-refractivity contribution in [2.75, 3.05) is 18.4 Å². The van der Waals surface area contributed by atoms with Gasteiger partial charge >= 0.3 is 0 Å². The second kappa shape index (κ2) is 9.77. The molecule has 1 aromatic heterocycles. The number of amides is 2. The molecule has 0 unspecified atom stereocenters. The topological polar surface area (TPSA) is 67.2 Å². The van der Waals surface area contributed by atoms with Gasteiger partial charge in [0.25, 0.3) is 5.91 Å². The molecular weight excluding hydrogens is 407 g/mol. The standard InChI is InChI=1S/C25H27FN4O2/c1-2-18-3-5-19(6-4-18)17-30-23(11-14-27-30)28-24(31)20-12-15-29(16-13-20)25(32)21-7-9-22(26)10-8-21/h3-11,14,20H,2,12-13,15-17H2,1H3,(H,28,31). The maximum Gasteiger partial charge on any atom is 0.253 e. The van der Waals surface area contributed by atoms with E-state index in [1.54, 1.807) is 21.8 Å². The number of piperidine rings is 1. The highest BCUT2D eigenvalue weighted by Gasteiger charge is 2.28. The number of carbonyl (C=O) groups is 2. The van der Waals surface area contributed by atoms with Crippen molar-refractivity contribution in [2.24, 2.45) is 5.92 Å². The molecule has 32 heavy (non-hydrogen) atoms. The van der Waals surface area contributed by atoms with Gasteiger partial charge in [-0.3, -0.25) is 9.59 Å². The molecule has 1 fully saturated rings. The molecule has 1 saturated heterocycles. The monoisotopic (exact) mass is 434 g/mol. The molecule has 0 radical (unpaired) electrons. The molecule has 166 valence electrons. The fourth-order valence-corrected chi connectivity index (χ4v) is 3.97. The summed E-state index contributed by atoms with van der Waals surface area (Å²) in [5.74, 6) is -0.0500. The van der Waals surface area contributed by atoms with E-state index in [1.165, 1.54) is 29.8 Å². The predicted octanol–water partition coefficient (Wildman–Crippen LogP) is 4.12. The van der Waals surface area contributed by atoms with E-state index in [0.29, 0.717) is 43.9 Å². The lowest BCUT2D eigenvalue weighted by Crippen LogP contribution is -2.41. The number of benzene rings is 2. The Labute approximate surface area is 187 Å². The second-order valence-electron chi connectivity index (χ2n) is 8.11. The lowest BCUT2D eigenvalue weighted by molar-refractivity contribution is -0.121. The SMILES string of the molecule is CCc1ccc(Cn2nccc2NC(=O)C2CCN(C(=O)c3ccc(F)cc3)CC2)cc1. The average Bonchev–Trinajstić information content (AvgIpc) is 3.26. The van der Waals surface area contributed by atoms with Crippen LogP contribution in [-0.4, -0.2) is 39.6 Å². The van der Waals surface area contributed by atoms with Gasteiger partial charge in [-0.05, 0) is 54.7 Å². The van der Waals surface area contributed by atoms with Crippen LogP contribution >= 0.6 is 0 Å². The zero-order valence-corrected chi connectivity index (χ0v) is 18.1. The molecule has 0 bridgehead atoms. The Morgan fingerprint density at radius 1 is 1.00 bits per heavy atom. The van der Waals surface area contributed by atoms with E-state index < -0.39 is 0 Å². The van der Waals surface area contributed by atoms with Gasteiger partial charge in [-0.2, -0.15) is 5.10 Å². The highest BCUT2D eigenvalue weighted by atomic mass is 19.1. The van der Waals surface area contributed by atoms with E-state index in [1.807, 2.05) is 0 Å². The molecule has 2 amide bonds. The number of anilines is 1. The van der Waals surface area contributed by atoms with E-state index in [4.69, 9.17) is 0 Å². The van der Waals surface area contributed by atoms with E-state index in [-0.39, 0.29) is 23.5 Å². The Morgan fingerprint density at radius 2 is 1.66 bits per heavy atom. The summed E-state index contributed by atoms with van der Waals surface area (Å²) in [6.07, 6.45) is 3.86. The van der Waals surface area contributed by atoms with Crippen LogP contribution in [0.2, 0.25) is 0 Å². The van der Waals surface area contributed by atoms with Crippen LogP contribution in [0.15, 0.2) is 60.8 Å². The first-order valence-electron chi connectivity index (χ1n) is 11.0. The molecule has 1 aliphatic heterocycles. The molecule has 0 spiro atoms. The van der Waals surface area contributed by atoms with Crippen LogP contribution < -0.4 is 5.32 Å². The van der Waals surface area contributed by atoms with Crippen molar-refractivity contribution in [3.8, 4) is 0 Å². The zero-order chi connectivity index (χ0) is 22.5. The number of nitrogens with one attached hydrogen (secondary N) is 1. The Balaban J connectivity index is 1.32. The van der Waals surface area contributed by atoms with Gasteiger partial charge in [0.2, 0.25) is 5.91 Å². The van der Waals surface area contributed by atoms with Gasteiger partial charge in [0.15, 0.2) is 0 Å². The number of aryl methyl sites for hydroxylation is 1. The molecule has 3 aromatic rings. The number of carbonyl (C=O) groups excluding carboxylic acids is 2. The molecule has 2 aromatic carbocycles. The molecule has 4 rings (SSSR count). The third-order valence-corrected chi connectivity index (χ3v) is 5.98. The molecule has 1 N–H and O–H groups in total. The second-order valence-corrected chi connectivity index (χ2v) is 8.11. The number of halogens is 1. The van der Waals surface area contributed by atoms with Crippen LogP contribution in [0.3, 0.4) is 0 Å². The van der Waals surface area contributed by atoms with E-state index in [0.717, 1.165) is 12.0 Å². The first-order valence-corrected chi connectivity index (χ1v) is 11.0. The summed E-state index contributed by atoms with van der Waals surface area (Å²) in [5.41, 5.74) is 2.87. The lowest BCUT2D eigenvalue weighted by atomic mass is 9.95. The third-order valence-electron chi connectivity index (χ3n) is 5.98. The van der Waals surface area contributed by atoms with Crippen LogP contribution in [0.25, 0.3) is 0 Å². The van der Waals surface area contributed by atoms with Gasteiger partial charge in [0.1, 0.15) is 11.6 Å².